The van der Waals surface area contributed by atoms with Gasteiger partial charge >= 0.3 is 0 Å². The standard InChI is InChI=1S/C16H18ClN3O2/c1-19(8-9-22-15-5-3-4-14(17)10-15)16(21)7-6-13-11-18-20(2)12-13/h3-7,10-12H,8-9H2,1-2H3/b7-6+. The average Bonchev–Trinajstić information content (AvgIpc) is 2.90. The van der Waals surface area contributed by atoms with Crippen LogP contribution >= 0.6 is 11.6 Å². The molecule has 0 saturated carbocycles. The Hall–Kier alpha value is -2.27. The van der Waals surface area contributed by atoms with Crippen molar-refractivity contribution in [3.8, 4) is 5.75 Å². The van der Waals surface area contributed by atoms with Crippen molar-refractivity contribution in [3.63, 3.8) is 0 Å². The first-order chi connectivity index (χ1) is 10.5. The summed E-state index contributed by atoms with van der Waals surface area (Å²) in [5, 5.41) is 4.67. The molecule has 2 rings (SSSR count). The van der Waals surface area contributed by atoms with E-state index in [9.17, 15) is 4.79 Å². The molecule has 0 fully saturated rings. The number of ether oxygens (including phenoxy) is 1. The molecule has 1 heterocycles. The highest BCUT2D eigenvalue weighted by Crippen LogP contribution is 2.16. The van der Waals surface area contributed by atoms with Gasteiger partial charge in [0.2, 0.25) is 5.91 Å². The van der Waals surface area contributed by atoms with Crippen LogP contribution < -0.4 is 4.74 Å². The molecule has 1 aromatic carbocycles. The molecule has 6 heteroatoms. The predicted molar refractivity (Wildman–Crippen MR) is 86.8 cm³/mol. The van der Waals surface area contributed by atoms with E-state index < -0.39 is 0 Å². The van der Waals surface area contributed by atoms with E-state index in [0.717, 1.165) is 5.56 Å². The fraction of sp³-hybridized carbons (Fsp3) is 0.250. The van der Waals surface area contributed by atoms with Gasteiger partial charge in [-0.2, -0.15) is 5.10 Å². The van der Waals surface area contributed by atoms with Crippen LogP contribution in [-0.2, 0) is 11.8 Å². The number of rotatable bonds is 6. The number of nitrogens with zero attached hydrogens (tertiary/aromatic N) is 3. The van der Waals surface area contributed by atoms with Crippen LogP contribution in [0.5, 0.6) is 5.75 Å². The zero-order chi connectivity index (χ0) is 15.9. The van der Waals surface area contributed by atoms with Crippen LogP contribution in [-0.4, -0.2) is 40.8 Å². The summed E-state index contributed by atoms with van der Waals surface area (Å²) in [4.78, 5) is 13.5. The first-order valence-corrected chi connectivity index (χ1v) is 7.22. The molecule has 0 aliphatic rings. The third kappa shape index (κ3) is 4.93. The average molecular weight is 320 g/mol. The van der Waals surface area contributed by atoms with Gasteiger partial charge in [-0.3, -0.25) is 9.48 Å². The van der Waals surface area contributed by atoms with Gasteiger partial charge in [-0.05, 0) is 24.3 Å². The highest BCUT2D eigenvalue weighted by atomic mass is 35.5. The first kappa shape index (κ1) is 16.1. The number of aryl methyl sites for hydroxylation is 1. The van der Waals surface area contributed by atoms with E-state index in [-0.39, 0.29) is 5.91 Å². The Morgan fingerprint density at radius 3 is 3.00 bits per heavy atom. The molecule has 5 nitrogen and oxygen atoms in total. The molecule has 116 valence electrons. The topological polar surface area (TPSA) is 47.4 Å². The molecule has 2 aromatic rings. The van der Waals surface area contributed by atoms with Crippen LogP contribution in [0.15, 0.2) is 42.7 Å². The number of carbonyl (C=O) groups excluding carboxylic acids is 1. The third-order valence-corrected chi connectivity index (χ3v) is 3.25. The lowest BCUT2D eigenvalue weighted by atomic mass is 10.3. The molecular weight excluding hydrogens is 302 g/mol. The number of carbonyl (C=O) groups is 1. The van der Waals surface area contributed by atoms with Crippen LogP contribution in [0, 0.1) is 0 Å². The second kappa shape index (κ2) is 7.66. The van der Waals surface area contributed by atoms with Crippen LogP contribution in [0.3, 0.4) is 0 Å². The van der Waals surface area contributed by atoms with E-state index in [4.69, 9.17) is 16.3 Å². The number of aromatic nitrogens is 2. The van der Waals surface area contributed by atoms with E-state index in [1.54, 1.807) is 41.0 Å². The van der Waals surface area contributed by atoms with E-state index in [0.29, 0.717) is 23.9 Å². The van der Waals surface area contributed by atoms with Crippen molar-refractivity contribution in [2.45, 2.75) is 0 Å². The fourth-order valence-corrected chi connectivity index (χ4v) is 1.97. The Morgan fingerprint density at radius 1 is 1.50 bits per heavy atom. The highest BCUT2D eigenvalue weighted by Gasteiger charge is 2.05. The summed E-state index contributed by atoms with van der Waals surface area (Å²) in [5.41, 5.74) is 0.888. The number of benzene rings is 1. The second-order valence-corrected chi connectivity index (χ2v) is 5.28. The molecule has 0 spiro atoms. The van der Waals surface area contributed by atoms with Gasteiger partial charge in [0.25, 0.3) is 0 Å². The Kier molecular flexibility index (Phi) is 5.61. The molecule has 0 atom stereocenters. The SMILES string of the molecule is CN(CCOc1cccc(Cl)c1)C(=O)/C=C/c1cnn(C)c1. The summed E-state index contributed by atoms with van der Waals surface area (Å²) >= 11 is 5.88. The number of likely N-dealkylation sites (N-methyl/N-ethyl adjacent to an activating group) is 1. The fourth-order valence-electron chi connectivity index (χ4n) is 1.79. The molecule has 0 N–H and O–H groups in total. The number of halogens is 1. The Bertz CT molecular complexity index is 667. The minimum atomic E-state index is -0.0847. The van der Waals surface area contributed by atoms with Gasteiger partial charge in [0.1, 0.15) is 12.4 Å². The quantitative estimate of drug-likeness (QED) is 0.769. The first-order valence-electron chi connectivity index (χ1n) is 6.85. The predicted octanol–water partition coefficient (Wildman–Crippen LogP) is 2.62. The van der Waals surface area contributed by atoms with E-state index >= 15 is 0 Å². The Labute approximate surface area is 134 Å². The van der Waals surface area contributed by atoms with Gasteiger partial charge in [-0.25, -0.2) is 0 Å². The van der Waals surface area contributed by atoms with Gasteiger partial charge in [-0.1, -0.05) is 17.7 Å². The normalized spacial score (nSPS) is 10.9. The maximum atomic E-state index is 12.0. The van der Waals surface area contributed by atoms with Crippen molar-refractivity contribution in [3.05, 3.63) is 53.3 Å². The van der Waals surface area contributed by atoms with Crippen LogP contribution in [0.2, 0.25) is 5.02 Å². The molecule has 1 aromatic heterocycles. The van der Waals surface area contributed by atoms with Crippen LogP contribution in [0.4, 0.5) is 0 Å². The van der Waals surface area contributed by atoms with Gasteiger partial charge < -0.3 is 9.64 Å². The van der Waals surface area contributed by atoms with Crippen molar-refractivity contribution in [1.82, 2.24) is 14.7 Å². The van der Waals surface area contributed by atoms with E-state index in [1.807, 2.05) is 25.4 Å². The maximum Gasteiger partial charge on any atom is 0.246 e. The molecular formula is C16H18ClN3O2. The van der Waals surface area contributed by atoms with Crippen molar-refractivity contribution >= 4 is 23.6 Å². The third-order valence-electron chi connectivity index (χ3n) is 3.01. The number of hydrogen-bond donors (Lipinski definition) is 0. The molecule has 0 aliphatic carbocycles. The van der Waals surface area contributed by atoms with Crippen LogP contribution in [0.1, 0.15) is 5.56 Å². The monoisotopic (exact) mass is 319 g/mol. The Morgan fingerprint density at radius 2 is 2.32 bits per heavy atom. The summed E-state index contributed by atoms with van der Waals surface area (Å²) in [5.74, 6) is 0.609. The minimum Gasteiger partial charge on any atom is -0.492 e. The van der Waals surface area contributed by atoms with E-state index in [2.05, 4.69) is 5.10 Å². The van der Waals surface area contributed by atoms with Gasteiger partial charge in [-0.15, -0.1) is 0 Å². The number of amides is 1. The maximum absolute atomic E-state index is 12.0. The van der Waals surface area contributed by atoms with Crippen LogP contribution in [0.25, 0.3) is 6.08 Å². The zero-order valence-electron chi connectivity index (χ0n) is 12.6. The summed E-state index contributed by atoms with van der Waals surface area (Å²) in [7, 11) is 3.57. The van der Waals surface area contributed by atoms with E-state index in [1.165, 1.54) is 6.08 Å². The van der Waals surface area contributed by atoms with Gasteiger partial charge in [0.05, 0.1) is 12.7 Å². The smallest absolute Gasteiger partial charge is 0.246 e. The summed E-state index contributed by atoms with van der Waals surface area (Å²) in [6, 6.07) is 7.18. The largest absolute Gasteiger partial charge is 0.492 e. The lowest BCUT2D eigenvalue weighted by molar-refractivity contribution is -0.125. The molecule has 0 aliphatic heterocycles. The summed E-state index contributed by atoms with van der Waals surface area (Å²) in [6.45, 7) is 0.895. The minimum absolute atomic E-state index is 0.0847. The molecule has 0 saturated heterocycles. The van der Waals surface area contributed by atoms with Crippen molar-refractivity contribution in [1.29, 1.82) is 0 Å². The van der Waals surface area contributed by atoms with Crippen molar-refractivity contribution < 1.29 is 9.53 Å². The summed E-state index contributed by atoms with van der Waals surface area (Å²) in [6.07, 6.45) is 6.80. The Balaban J connectivity index is 1.78. The number of hydrogen-bond acceptors (Lipinski definition) is 3. The molecule has 1 amide bonds. The van der Waals surface area contributed by atoms with Gasteiger partial charge in [0.15, 0.2) is 0 Å². The second-order valence-electron chi connectivity index (χ2n) is 4.85. The van der Waals surface area contributed by atoms with Gasteiger partial charge in [0, 0.05) is 37.0 Å². The zero-order valence-corrected chi connectivity index (χ0v) is 13.3. The molecule has 22 heavy (non-hydrogen) atoms. The summed E-state index contributed by atoms with van der Waals surface area (Å²) < 4.78 is 7.25. The lowest BCUT2D eigenvalue weighted by Gasteiger charge is -2.15. The lowest BCUT2D eigenvalue weighted by Crippen LogP contribution is -2.29. The highest BCUT2D eigenvalue weighted by molar-refractivity contribution is 6.30. The molecule has 0 unspecified atom stereocenters. The van der Waals surface area contributed by atoms with Crippen molar-refractivity contribution in [2.75, 3.05) is 20.2 Å². The van der Waals surface area contributed by atoms with Crippen molar-refractivity contribution in [2.24, 2.45) is 7.05 Å². The molecule has 0 radical (unpaired) electrons. The molecule has 0 bridgehead atoms.